The first-order chi connectivity index (χ1) is 7.95. The van der Waals surface area contributed by atoms with Crippen molar-refractivity contribution in [2.24, 2.45) is 0 Å². The first-order valence-electron chi connectivity index (χ1n) is 4.81. The minimum Gasteiger partial charge on any atom is -0.394 e. The van der Waals surface area contributed by atoms with Crippen LogP contribution in [0, 0.1) is 10.1 Å². The van der Waals surface area contributed by atoms with Gasteiger partial charge in [0.1, 0.15) is 5.56 Å². The molecule has 2 N–H and O–H groups in total. The molecule has 0 fully saturated rings. The number of carbonyl (C=O) groups excluding carboxylic acids is 1. The summed E-state index contributed by atoms with van der Waals surface area (Å²) in [4.78, 5) is 21.8. The molecule has 0 heterocycles. The minimum absolute atomic E-state index is 0.122. The van der Waals surface area contributed by atoms with Crippen LogP contribution in [0.2, 0.25) is 5.02 Å². The lowest BCUT2D eigenvalue weighted by molar-refractivity contribution is -0.385. The molecule has 0 saturated carbocycles. The lowest BCUT2D eigenvalue weighted by Gasteiger charge is -2.10. The summed E-state index contributed by atoms with van der Waals surface area (Å²) in [6.07, 6.45) is 0. The van der Waals surface area contributed by atoms with Crippen LogP contribution in [-0.4, -0.2) is 28.6 Å². The van der Waals surface area contributed by atoms with Gasteiger partial charge in [-0.2, -0.15) is 0 Å². The fraction of sp³-hybridized carbons (Fsp3) is 0.300. The van der Waals surface area contributed by atoms with E-state index in [2.05, 4.69) is 5.32 Å². The molecule has 7 heteroatoms. The first-order valence-corrected chi connectivity index (χ1v) is 5.19. The summed E-state index contributed by atoms with van der Waals surface area (Å²) < 4.78 is 0. The molecule has 0 saturated heterocycles. The normalized spacial score (nSPS) is 11.9. The molecule has 17 heavy (non-hydrogen) atoms. The van der Waals surface area contributed by atoms with Crippen molar-refractivity contribution >= 4 is 23.2 Å². The van der Waals surface area contributed by atoms with Crippen LogP contribution in [0.15, 0.2) is 18.2 Å². The van der Waals surface area contributed by atoms with E-state index in [9.17, 15) is 14.9 Å². The number of carbonyl (C=O) groups is 1. The number of nitrogens with one attached hydrogen (secondary N) is 1. The van der Waals surface area contributed by atoms with Gasteiger partial charge in [0.2, 0.25) is 0 Å². The van der Waals surface area contributed by atoms with Gasteiger partial charge in [0.15, 0.2) is 0 Å². The highest BCUT2D eigenvalue weighted by Gasteiger charge is 2.21. The number of nitro groups is 1. The standard InChI is InChI=1S/C10H11ClN2O4/c1-6(5-14)12-10(15)8-4-7(11)2-3-9(8)13(16)17/h2-4,6,14H,5H2,1H3,(H,12,15)/t6-/m0/s1. The summed E-state index contributed by atoms with van der Waals surface area (Å²) in [5.41, 5.74) is -0.445. The van der Waals surface area contributed by atoms with Crippen molar-refractivity contribution in [2.75, 3.05) is 6.61 Å². The maximum atomic E-state index is 11.7. The van der Waals surface area contributed by atoms with Gasteiger partial charge in [-0.25, -0.2) is 0 Å². The predicted octanol–water partition coefficient (Wildman–Crippen LogP) is 1.36. The van der Waals surface area contributed by atoms with Crippen LogP contribution in [0.4, 0.5) is 5.69 Å². The Kier molecular flexibility index (Phi) is 4.42. The second-order valence-electron chi connectivity index (χ2n) is 3.48. The highest BCUT2D eigenvalue weighted by molar-refractivity contribution is 6.31. The molecular weight excluding hydrogens is 248 g/mol. The molecule has 0 radical (unpaired) electrons. The molecular formula is C10H11ClN2O4. The van der Waals surface area contributed by atoms with E-state index in [-0.39, 0.29) is 22.9 Å². The van der Waals surface area contributed by atoms with Crippen molar-refractivity contribution in [1.82, 2.24) is 5.32 Å². The third-order valence-corrected chi connectivity index (χ3v) is 2.29. The third kappa shape index (κ3) is 3.40. The molecule has 1 amide bonds. The number of aliphatic hydroxyl groups is 1. The number of aliphatic hydroxyl groups excluding tert-OH is 1. The number of halogens is 1. The SMILES string of the molecule is C[C@@H](CO)NC(=O)c1cc(Cl)ccc1[N+](=O)[O-]. The van der Waals surface area contributed by atoms with Gasteiger partial charge in [-0.05, 0) is 19.1 Å². The Labute approximate surface area is 102 Å². The van der Waals surface area contributed by atoms with Gasteiger partial charge in [-0.3, -0.25) is 14.9 Å². The fourth-order valence-electron chi connectivity index (χ4n) is 1.20. The maximum Gasteiger partial charge on any atom is 0.282 e. The molecule has 6 nitrogen and oxygen atoms in total. The third-order valence-electron chi connectivity index (χ3n) is 2.05. The van der Waals surface area contributed by atoms with E-state index in [0.717, 1.165) is 0 Å². The molecule has 1 aromatic rings. The molecule has 0 aliphatic heterocycles. The zero-order chi connectivity index (χ0) is 13.0. The fourth-order valence-corrected chi connectivity index (χ4v) is 1.37. The van der Waals surface area contributed by atoms with E-state index in [1.165, 1.54) is 18.2 Å². The zero-order valence-corrected chi connectivity index (χ0v) is 9.77. The van der Waals surface area contributed by atoms with E-state index in [1.54, 1.807) is 6.92 Å². The maximum absolute atomic E-state index is 11.7. The Bertz CT molecular complexity index is 450. The van der Waals surface area contributed by atoms with Crippen LogP contribution < -0.4 is 5.32 Å². The number of rotatable bonds is 4. The monoisotopic (exact) mass is 258 g/mol. The van der Waals surface area contributed by atoms with Crippen LogP contribution in [0.25, 0.3) is 0 Å². The molecule has 1 aromatic carbocycles. The van der Waals surface area contributed by atoms with E-state index in [1.807, 2.05) is 0 Å². The summed E-state index contributed by atoms with van der Waals surface area (Å²) in [6.45, 7) is 1.33. The number of hydrogen-bond donors (Lipinski definition) is 2. The summed E-state index contributed by atoms with van der Waals surface area (Å²) >= 11 is 5.68. The molecule has 0 aliphatic rings. The van der Waals surface area contributed by atoms with E-state index in [4.69, 9.17) is 16.7 Å². The zero-order valence-electron chi connectivity index (χ0n) is 9.01. The summed E-state index contributed by atoms with van der Waals surface area (Å²) in [5, 5.41) is 22.2. The van der Waals surface area contributed by atoms with Gasteiger partial charge in [0.05, 0.1) is 11.5 Å². The first kappa shape index (κ1) is 13.4. The average molecular weight is 259 g/mol. The van der Waals surface area contributed by atoms with Gasteiger partial charge in [0.25, 0.3) is 11.6 Å². The molecule has 0 spiro atoms. The second kappa shape index (κ2) is 5.60. The van der Waals surface area contributed by atoms with Crippen molar-refractivity contribution in [2.45, 2.75) is 13.0 Å². The van der Waals surface area contributed by atoms with Crippen molar-refractivity contribution in [3.63, 3.8) is 0 Å². The molecule has 0 aliphatic carbocycles. The Morgan fingerprint density at radius 2 is 2.29 bits per heavy atom. The van der Waals surface area contributed by atoms with Crippen LogP contribution in [-0.2, 0) is 0 Å². The molecule has 0 unspecified atom stereocenters. The minimum atomic E-state index is -0.658. The van der Waals surface area contributed by atoms with Crippen LogP contribution in [0.1, 0.15) is 17.3 Å². The molecule has 1 atom stereocenters. The van der Waals surface area contributed by atoms with Gasteiger partial charge in [-0.1, -0.05) is 11.6 Å². The van der Waals surface area contributed by atoms with Crippen molar-refractivity contribution in [3.05, 3.63) is 38.9 Å². The number of hydrogen-bond acceptors (Lipinski definition) is 4. The van der Waals surface area contributed by atoms with Crippen molar-refractivity contribution < 1.29 is 14.8 Å². The lowest BCUT2D eigenvalue weighted by Crippen LogP contribution is -2.35. The highest BCUT2D eigenvalue weighted by Crippen LogP contribution is 2.22. The summed E-state index contributed by atoms with van der Waals surface area (Å²) in [6, 6.07) is 3.24. The highest BCUT2D eigenvalue weighted by atomic mass is 35.5. The largest absolute Gasteiger partial charge is 0.394 e. The number of amides is 1. The van der Waals surface area contributed by atoms with Gasteiger partial charge in [-0.15, -0.1) is 0 Å². The Morgan fingerprint density at radius 1 is 1.65 bits per heavy atom. The summed E-state index contributed by atoms with van der Waals surface area (Å²) in [5.74, 6) is -0.638. The van der Waals surface area contributed by atoms with Gasteiger partial charge in [0, 0.05) is 17.1 Å². The van der Waals surface area contributed by atoms with Crippen LogP contribution in [0.3, 0.4) is 0 Å². The van der Waals surface area contributed by atoms with Crippen molar-refractivity contribution in [3.8, 4) is 0 Å². The van der Waals surface area contributed by atoms with Gasteiger partial charge < -0.3 is 10.4 Å². The lowest BCUT2D eigenvalue weighted by atomic mass is 10.1. The molecule has 0 aromatic heterocycles. The number of nitrogens with zero attached hydrogens (tertiary/aromatic N) is 1. The quantitative estimate of drug-likeness (QED) is 0.630. The Balaban J connectivity index is 3.06. The van der Waals surface area contributed by atoms with E-state index in [0.29, 0.717) is 0 Å². The summed E-state index contributed by atoms with van der Waals surface area (Å²) in [7, 11) is 0. The number of benzene rings is 1. The van der Waals surface area contributed by atoms with Gasteiger partial charge >= 0.3 is 0 Å². The number of nitro benzene ring substituents is 1. The van der Waals surface area contributed by atoms with Crippen LogP contribution >= 0.6 is 11.6 Å². The average Bonchev–Trinajstić information content (AvgIpc) is 2.28. The van der Waals surface area contributed by atoms with Crippen LogP contribution in [0.5, 0.6) is 0 Å². The van der Waals surface area contributed by atoms with E-state index < -0.39 is 16.9 Å². The molecule has 1 rings (SSSR count). The molecule has 0 bridgehead atoms. The predicted molar refractivity (Wildman–Crippen MR) is 62.1 cm³/mol. The topological polar surface area (TPSA) is 92.5 Å². The molecule has 92 valence electrons. The smallest absolute Gasteiger partial charge is 0.282 e. The second-order valence-corrected chi connectivity index (χ2v) is 3.91. The van der Waals surface area contributed by atoms with Crippen molar-refractivity contribution in [1.29, 1.82) is 0 Å². The Morgan fingerprint density at radius 3 is 2.82 bits per heavy atom. The van der Waals surface area contributed by atoms with E-state index >= 15 is 0 Å². The Hall–Kier alpha value is -1.66.